The predicted octanol–water partition coefficient (Wildman–Crippen LogP) is 7.15. The highest BCUT2D eigenvalue weighted by Crippen LogP contribution is 2.28. The van der Waals surface area contributed by atoms with E-state index in [0.717, 1.165) is 39.5 Å². The van der Waals surface area contributed by atoms with Gasteiger partial charge in [-0.2, -0.15) is 0 Å². The summed E-state index contributed by atoms with van der Waals surface area (Å²) in [7, 11) is 0. The molecule has 1 aromatic heterocycles. The first-order valence-electron chi connectivity index (χ1n) is 11.0. The van der Waals surface area contributed by atoms with Gasteiger partial charge in [0.1, 0.15) is 0 Å². The van der Waals surface area contributed by atoms with E-state index in [-0.39, 0.29) is 5.91 Å². The Morgan fingerprint density at radius 2 is 1.72 bits per heavy atom. The maximum atomic E-state index is 13.2. The van der Waals surface area contributed by atoms with E-state index < -0.39 is 0 Å². The Hall–Kier alpha value is -2.98. The number of carbonyl (C=O) groups is 1. The Morgan fingerprint density at radius 1 is 0.969 bits per heavy atom. The zero-order chi connectivity index (χ0) is 22.5. The quantitative estimate of drug-likeness (QED) is 0.281. The molecule has 1 heterocycles. The monoisotopic (exact) mass is 486 g/mol. The number of nitrogens with one attached hydrogen (secondary N) is 1. The van der Waals surface area contributed by atoms with E-state index in [1.807, 2.05) is 42.5 Å². The summed E-state index contributed by atoms with van der Waals surface area (Å²) in [5, 5.41) is 3.95. The summed E-state index contributed by atoms with van der Waals surface area (Å²) in [6.07, 6.45) is 1.84. The minimum atomic E-state index is -0.0661. The number of hydrogen-bond acceptors (Lipinski definition) is 2. The van der Waals surface area contributed by atoms with Crippen molar-refractivity contribution in [2.45, 2.75) is 32.6 Å². The van der Waals surface area contributed by atoms with E-state index in [2.05, 4.69) is 71.5 Å². The first-order valence-corrected chi connectivity index (χ1v) is 11.8. The fourth-order valence-corrected chi connectivity index (χ4v) is 4.17. The van der Waals surface area contributed by atoms with Gasteiger partial charge in [0.2, 0.25) is 0 Å². The van der Waals surface area contributed by atoms with Crippen molar-refractivity contribution < 1.29 is 4.79 Å². The van der Waals surface area contributed by atoms with E-state index in [1.165, 1.54) is 11.1 Å². The van der Waals surface area contributed by atoms with Crippen LogP contribution in [0.2, 0.25) is 0 Å². The van der Waals surface area contributed by atoms with Crippen molar-refractivity contribution in [3.8, 4) is 11.3 Å². The third-order valence-corrected chi connectivity index (χ3v) is 6.15. The van der Waals surface area contributed by atoms with Crippen molar-refractivity contribution in [1.29, 1.82) is 0 Å². The van der Waals surface area contributed by atoms with E-state index in [0.29, 0.717) is 18.0 Å². The molecule has 0 atom stereocenters. The van der Waals surface area contributed by atoms with Crippen molar-refractivity contribution in [3.05, 3.63) is 100 Å². The molecule has 1 amide bonds. The SMILES string of the molecule is CC(C)c1ccc(-c2cc(C(=O)NCCCc3ccccc3)c3cc(Br)ccc3n2)cc1. The summed E-state index contributed by atoms with van der Waals surface area (Å²) in [4.78, 5) is 18.0. The zero-order valence-electron chi connectivity index (χ0n) is 18.4. The Kier molecular flexibility index (Phi) is 7.01. The molecule has 0 aliphatic carbocycles. The molecule has 0 unspecified atom stereocenters. The summed E-state index contributed by atoms with van der Waals surface area (Å²) in [6, 6.07) is 26.6. The van der Waals surface area contributed by atoms with Gasteiger partial charge in [0.15, 0.2) is 0 Å². The lowest BCUT2D eigenvalue weighted by atomic mass is 9.99. The van der Waals surface area contributed by atoms with Crippen LogP contribution >= 0.6 is 15.9 Å². The van der Waals surface area contributed by atoms with Crippen molar-refractivity contribution in [3.63, 3.8) is 0 Å². The molecule has 1 N–H and O–H groups in total. The topological polar surface area (TPSA) is 42.0 Å². The molecule has 0 aliphatic heterocycles. The fraction of sp³-hybridized carbons (Fsp3) is 0.214. The number of pyridine rings is 1. The summed E-state index contributed by atoms with van der Waals surface area (Å²) in [5.41, 5.74) is 5.86. The Morgan fingerprint density at radius 3 is 2.44 bits per heavy atom. The van der Waals surface area contributed by atoms with Gasteiger partial charge in [-0.1, -0.05) is 84.4 Å². The standard InChI is InChI=1S/C28H27BrN2O/c1-19(2)21-10-12-22(13-11-21)27-18-25(24-17-23(29)14-15-26(24)31-27)28(32)30-16-6-9-20-7-4-3-5-8-20/h3-5,7-8,10-15,17-19H,6,9,16H2,1-2H3,(H,30,32). The largest absolute Gasteiger partial charge is 0.352 e. The summed E-state index contributed by atoms with van der Waals surface area (Å²) in [5.74, 6) is 0.409. The van der Waals surface area contributed by atoms with Gasteiger partial charge < -0.3 is 5.32 Å². The van der Waals surface area contributed by atoms with Crippen LogP contribution in [-0.4, -0.2) is 17.4 Å². The second kappa shape index (κ2) is 10.1. The molecule has 3 aromatic carbocycles. The lowest BCUT2D eigenvalue weighted by molar-refractivity contribution is 0.0955. The van der Waals surface area contributed by atoms with E-state index >= 15 is 0 Å². The maximum absolute atomic E-state index is 13.2. The normalized spacial score (nSPS) is 11.1. The molecule has 3 nitrogen and oxygen atoms in total. The number of halogens is 1. The number of amides is 1. The van der Waals surface area contributed by atoms with Crippen LogP contribution in [0.15, 0.2) is 83.3 Å². The van der Waals surface area contributed by atoms with E-state index in [9.17, 15) is 4.79 Å². The number of fused-ring (bicyclic) bond motifs is 1. The smallest absolute Gasteiger partial charge is 0.252 e. The third kappa shape index (κ3) is 5.25. The van der Waals surface area contributed by atoms with Crippen molar-refractivity contribution in [2.75, 3.05) is 6.54 Å². The molecule has 0 aliphatic rings. The highest BCUT2D eigenvalue weighted by molar-refractivity contribution is 9.10. The number of aryl methyl sites for hydroxylation is 1. The second-order valence-electron chi connectivity index (χ2n) is 8.34. The van der Waals surface area contributed by atoms with Crippen LogP contribution in [-0.2, 0) is 6.42 Å². The van der Waals surface area contributed by atoms with Gasteiger partial charge in [0.05, 0.1) is 16.8 Å². The van der Waals surface area contributed by atoms with Crippen LogP contribution in [0.25, 0.3) is 22.2 Å². The molecule has 0 fully saturated rings. The highest BCUT2D eigenvalue weighted by atomic mass is 79.9. The average Bonchev–Trinajstić information content (AvgIpc) is 2.81. The molecule has 4 aromatic rings. The van der Waals surface area contributed by atoms with Gasteiger partial charge in [0, 0.05) is 22.0 Å². The number of carbonyl (C=O) groups excluding carboxylic acids is 1. The first kappa shape index (κ1) is 22.2. The van der Waals surface area contributed by atoms with Crippen LogP contribution in [0.4, 0.5) is 0 Å². The molecular formula is C28H27BrN2O. The number of hydrogen-bond donors (Lipinski definition) is 1. The summed E-state index contributed by atoms with van der Waals surface area (Å²) >= 11 is 3.53. The minimum absolute atomic E-state index is 0.0661. The van der Waals surface area contributed by atoms with E-state index in [4.69, 9.17) is 4.98 Å². The molecule has 0 bridgehead atoms. The Bertz CT molecular complexity index is 1220. The molecular weight excluding hydrogens is 460 g/mol. The van der Waals surface area contributed by atoms with Gasteiger partial charge in [-0.25, -0.2) is 4.98 Å². The van der Waals surface area contributed by atoms with Gasteiger partial charge in [-0.15, -0.1) is 0 Å². The van der Waals surface area contributed by atoms with Crippen LogP contribution in [0.3, 0.4) is 0 Å². The van der Waals surface area contributed by atoms with Crippen molar-refractivity contribution in [2.24, 2.45) is 0 Å². The van der Waals surface area contributed by atoms with E-state index in [1.54, 1.807) is 0 Å². The second-order valence-corrected chi connectivity index (χ2v) is 9.25. The lowest BCUT2D eigenvalue weighted by Gasteiger charge is -2.12. The van der Waals surface area contributed by atoms with Gasteiger partial charge in [-0.05, 0) is 54.2 Å². The van der Waals surface area contributed by atoms with Crippen LogP contribution in [0, 0.1) is 0 Å². The summed E-state index contributed by atoms with van der Waals surface area (Å²) in [6.45, 7) is 4.99. The predicted molar refractivity (Wildman–Crippen MR) is 136 cm³/mol. The number of aromatic nitrogens is 1. The van der Waals surface area contributed by atoms with Crippen LogP contribution < -0.4 is 5.32 Å². The third-order valence-electron chi connectivity index (χ3n) is 5.66. The average molecular weight is 487 g/mol. The van der Waals surface area contributed by atoms with Gasteiger partial charge >= 0.3 is 0 Å². The lowest BCUT2D eigenvalue weighted by Crippen LogP contribution is -2.25. The molecule has 0 radical (unpaired) electrons. The molecule has 0 spiro atoms. The van der Waals surface area contributed by atoms with Gasteiger partial charge in [-0.3, -0.25) is 4.79 Å². The fourth-order valence-electron chi connectivity index (χ4n) is 3.81. The number of rotatable bonds is 7. The van der Waals surface area contributed by atoms with Crippen molar-refractivity contribution >= 4 is 32.7 Å². The van der Waals surface area contributed by atoms with Crippen LogP contribution in [0.1, 0.15) is 47.7 Å². The Balaban J connectivity index is 1.58. The Labute approximate surface area is 198 Å². The molecule has 4 rings (SSSR count). The first-order chi connectivity index (χ1) is 15.5. The molecule has 32 heavy (non-hydrogen) atoms. The van der Waals surface area contributed by atoms with Gasteiger partial charge in [0.25, 0.3) is 5.91 Å². The van der Waals surface area contributed by atoms with Crippen LogP contribution in [0.5, 0.6) is 0 Å². The van der Waals surface area contributed by atoms with Crippen molar-refractivity contribution in [1.82, 2.24) is 10.3 Å². The molecule has 0 saturated heterocycles. The molecule has 4 heteroatoms. The zero-order valence-corrected chi connectivity index (χ0v) is 20.0. The number of nitrogens with zero attached hydrogens (tertiary/aromatic N) is 1. The number of benzene rings is 3. The molecule has 162 valence electrons. The molecule has 0 saturated carbocycles. The minimum Gasteiger partial charge on any atom is -0.352 e. The summed E-state index contributed by atoms with van der Waals surface area (Å²) < 4.78 is 0.930. The highest BCUT2D eigenvalue weighted by Gasteiger charge is 2.14. The maximum Gasteiger partial charge on any atom is 0.252 e.